The number of esters is 1. The number of alkyl halides is 1. The molecule has 0 saturated carbocycles. The van der Waals surface area contributed by atoms with E-state index in [0.717, 1.165) is 0 Å². The number of hydrogen-bond acceptors (Lipinski definition) is 6. The number of hydrogen-bond donors (Lipinski definition) is 1. The Balaban J connectivity index is 2.67. The van der Waals surface area contributed by atoms with Crippen LogP contribution in [0, 0.1) is 0 Å². The van der Waals surface area contributed by atoms with Gasteiger partial charge in [0.2, 0.25) is 0 Å². The second-order valence-electron chi connectivity index (χ2n) is 4.90. The van der Waals surface area contributed by atoms with Crippen molar-refractivity contribution in [2.45, 2.75) is 38.8 Å². The second kappa shape index (κ2) is 7.44. The minimum Gasteiger partial charge on any atom is -0.448 e. The summed E-state index contributed by atoms with van der Waals surface area (Å²) in [6.45, 7) is 5.21. The van der Waals surface area contributed by atoms with Gasteiger partial charge in [-0.2, -0.15) is 0 Å². The monoisotopic (exact) mass is 320 g/mol. The van der Waals surface area contributed by atoms with E-state index in [1.54, 1.807) is 32.3 Å². The van der Waals surface area contributed by atoms with Gasteiger partial charge in [-0.1, -0.05) is 11.6 Å². The number of nitrogens with zero attached hydrogens (tertiary/aromatic N) is 1. The molecule has 0 aromatic carbocycles. The van der Waals surface area contributed by atoms with Gasteiger partial charge in [0.15, 0.2) is 6.07 Å². The Morgan fingerprint density at radius 3 is 2.70 bits per heavy atom. The van der Waals surface area contributed by atoms with Crippen LogP contribution in [0.15, 0.2) is 11.6 Å². The summed E-state index contributed by atoms with van der Waals surface area (Å²) in [5.74, 6) is -0.624. The molecular formula is C12H17ClN2O4S. The molecule has 1 rings (SSSR count). The van der Waals surface area contributed by atoms with Crippen molar-refractivity contribution in [2.75, 3.05) is 6.07 Å². The van der Waals surface area contributed by atoms with Crippen LogP contribution in [-0.2, 0) is 20.7 Å². The number of thiazole rings is 1. The second-order valence-corrected chi connectivity index (χ2v) is 6.10. The predicted molar refractivity (Wildman–Crippen MR) is 75.8 cm³/mol. The summed E-state index contributed by atoms with van der Waals surface area (Å²) in [5.41, 5.74) is -0.647. The first-order chi connectivity index (χ1) is 9.31. The molecule has 0 bridgehead atoms. The van der Waals surface area contributed by atoms with E-state index in [1.807, 2.05) is 0 Å². The predicted octanol–water partition coefficient (Wildman–Crippen LogP) is 2.32. The van der Waals surface area contributed by atoms with Crippen LogP contribution in [0.2, 0.25) is 0 Å². The highest BCUT2D eigenvalue weighted by atomic mass is 35.5. The number of halogens is 1. The van der Waals surface area contributed by atoms with E-state index in [1.165, 1.54) is 11.3 Å². The Kier molecular flexibility index (Phi) is 6.22. The van der Waals surface area contributed by atoms with Gasteiger partial charge in [0.1, 0.15) is 11.6 Å². The van der Waals surface area contributed by atoms with Crippen LogP contribution < -0.4 is 5.32 Å². The van der Waals surface area contributed by atoms with Crippen molar-refractivity contribution in [1.82, 2.24) is 10.3 Å². The first kappa shape index (κ1) is 16.7. The largest absolute Gasteiger partial charge is 0.448 e. The van der Waals surface area contributed by atoms with Crippen molar-refractivity contribution in [3.05, 3.63) is 16.6 Å². The van der Waals surface area contributed by atoms with E-state index in [0.29, 0.717) is 5.01 Å². The zero-order chi connectivity index (χ0) is 15.2. The normalized spacial score (nSPS) is 12.6. The fourth-order valence-corrected chi connectivity index (χ4v) is 2.10. The first-order valence-electron chi connectivity index (χ1n) is 5.92. The summed E-state index contributed by atoms with van der Waals surface area (Å²) < 4.78 is 9.82. The molecule has 1 amide bonds. The molecule has 0 fully saturated rings. The fourth-order valence-electron chi connectivity index (χ4n) is 1.33. The van der Waals surface area contributed by atoms with Crippen LogP contribution in [0.25, 0.3) is 0 Å². The molecule has 6 nitrogen and oxygen atoms in total. The molecule has 0 radical (unpaired) electrons. The van der Waals surface area contributed by atoms with Crippen molar-refractivity contribution < 1.29 is 19.1 Å². The quantitative estimate of drug-likeness (QED) is 0.665. The number of nitrogens with one attached hydrogen (secondary N) is 1. The molecule has 0 aliphatic rings. The Bertz CT molecular complexity index is 445. The van der Waals surface area contributed by atoms with Crippen molar-refractivity contribution in [2.24, 2.45) is 0 Å². The van der Waals surface area contributed by atoms with Gasteiger partial charge >= 0.3 is 12.1 Å². The Morgan fingerprint density at radius 2 is 2.20 bits per heavy atom. The number of carbonyl (C=O) groups is 2. The Hall–Kier alpha value is -1.34. The standard InChI is InChI=1S/C12H17ClN2O4S/c1-12(2,3)19-11(17)15-8(10(16)18-7-13)6-9-14-4-5-20-9/h4-5,8H,6-7H2,1-3H3,(H,15,17)/t8-/m1/s1. The lowest BCUT2D eigenvalue weighted by Gasteiger charge is -2.22. The molecule has 8 heteroatoms. The summed E-state index contributed by atoms with van der Waals surface area (Å²) >= 11 is 6.75. The number of amides is 1. The van der Waals surface area contributed by atoms with Crippen LogP contribution >= 0.6 is 22.9 Å². The maximum atomic E-state index is 11.8. The van der Waals surface area contributed by atoms with Crippen LogP contribution in [0.5, 0.6) is 0 Å². The molecule has 1 aromatic rings. The average Bonchev–Trinajstić information content (AvgIpc) is 2.78. The zero-order valence-electron chi connectivity index (χ0n) is 11.5. The maximum absolute atomic E-state index is 11.8. The highest BCUT2D eigenvalue weighted by molar-refractivity contribution is 7.09. The number of aromatic nitrogens is 1. The molecule has 0 unspecified atom stereocenters. The zero-order valence-corrected chi connectivity index (χ0v) is 13.1. The summed E-state index contributed by atoms with van der Waals surface area (Å²) in [4.78, 5) is 27.6. The van der Waals surface area contributed by atoms with E-state index in [2.05, 4.69) is 10.3 Å². The lowest BCUT2D eigenvalue weighted by molar-refractivity contribution is -0.144. The summed E-state index contributed by atoms with van der Waals surface area (Å²) in [6.07, 6.45) is 1.16. The molecule has 0 aliphatic heterocycles. The van der Waals surface area contributed by atoms with Gasteiger partial charge in [0, 0.05) is 18.0 Å². The minimum absolute atomic E-state index is 0.229. The van der Waals surface area contributed by atoms with E-state index < -0.39 is 23.7 Å². The van der Waals surface area contributed by atoms with Gasteiger partial charge < -0.3 is 14.8 Å². The van der Waals surface area contributed by atoms with E-state index in [-0.39, 0.29) is 12.5 Å². The van der Waals surface area contributed by atoms with Crippen LogP contribution in [0.1, 0.15) is 25.8 Å². The van der Waals surface area contributed by atoms with E-state index >= 15 is 0 Å². The maximum Gasteiger partial charge on any atom is 0.408 e. The van der Waals surface area contributed by atoms with Crippen LogP contribution in [0.3, 0.4) is 0 Å². The van der Waals surface area contributed by atoms with Crippen molar-refractivity contribution in [3.63, 3.8) is 0 Å². The molecule has 112 valence electrons. The van der Waals surface area contributed by atoms with E-state index in [9.17, 15) is 9.59 Å². The molecule has 1 aromatic heterocycles. The lowest BCUT2D eigenvalue weighted by atomic mass is 10.2. The summed E-state index contributed by atoms with van der Waals surface area (Å²) in [6, 6.07) is -1.15. The van der Waals surface area contributed by atoms with Crippen LogP contribution in [0.4, 0.5) is 4.79 Å². The molecule has 1 heterocycles. The van der Waals surface area contributed by atoms with Gasteiger partial charge in [-0.3, -0.25) is 0 Å². The molecular weight excluding hydrogens is 304 g/mol. The third-order valence-electron chi connectivity index (χ3n) is 2.03. The van der Waals surface area contributed by atoms with Gasteiger partial charge in [-0.05, 0) is 20.8 Å². The fraction of sp³-hybridized carbons (Fsp3) is 0.583. The molecule has 20 heavy (non-hydrogen) atoms. The molecule has 0 spiro atoms. The average molecular weight is 321 g/mol. The van der Waals surface area contributed by atoms with Gasteiger partial charge in [0.25, 0.3) is 0 Å². The van der Waals surface area contributed by atoms with Crippen molar-refractivity contribution >= 4 is 35.0 Å². The molecule has 0 saturated heterocycles. The van der Waals surface area contributed by atoms with Gasteiger partial charge in [0.05, 0.1) is 5.01 Å². The summed E-state index contributed by atoms with van der Waals surface area (Å²) in [7, 11) is 0. The molecule has 1 atom stereocenters. The molecule has 0 aliphatic carbocycles. The van der Waals surface area contributed by atoms with Crippen LogP contribution in [-0.4, -0.2) is 34.8 Å². The minimum atomic E-state index is -0.880. The number of rotatable bonds is 5. The first-order valence-corrected chi connectivity index (χ1v) is 7.33. The highest BCUT2D eigenvalue weighted by Gasteiger charge is 2.26. The Labute approximate surface area is 126 Å². The third-order valence-corrected chi connectivity index (χ3v) is 2.95. The SMILES string of the molecule is CC(C)(C)OC(=O)N[C@H](Cc1nccs1)C(=O)OCCl. The third kappa shape index (κ3) is 6.21. The smallest absolute Gasteiger partial charge is 0.408 e. The van der Waals surface area contributed by atoms with Crippen molar-refractivity contribution in [1.29, 1.82) is 0 Å². The topological polar surface area (TPSA) is 77.5 Å². The lowest BCUT2D eigenvalue weighted by Crippen LogP contribution is -2.45. The van der Waals surface area contributed by atoms with Gasteiger partial charge in [-0.15, -0.1) is 11.3 Å². The van der Waals surface area contributed by atoms with Gasteiger partial charge in [-0.25, -0.2) is 14.6 Å². The number of ether oxygens (including phenoxy) is 2. The number of alkyl carbamates (subject to hydrolysis) is 1. The van der Waals surface area contributed by atoms with Crippen molar-refractivity contribution in [3.8, 4) is 0 Å². The number of carbonyl (C=O) groups excluding carboxylic acids is 2. The summed E-state index contributed by atoms with van der Waals surface area (Å²) in [5, 5.41) is 4.96. The molecule has 1 N–H and O–H groups in total. The van der Waals surface area contributed by atoms with E-state index in [4.69, 9.17) is 21.1 Å². The highest BCUT2D eigenvalue weighted by Crippen LogP contribution is 2.11. The Morgan fingerprint density at radius 1 is 1.50 bits per heavy atom.